The summed E-state index contributed by atoms with van der Waals surface area (Å²) in [6, 6.07) is 9.52. The average Bonchev–Trinajstić information content (AvgIpc) is 2.82. The Kier molecular flexibility index (Phi) is 3.73. The highest BCUT2D eigenvalue weighted by molar-refractivity contribution is 6.05. The number of pyridine rings is 1. The number of fused-ring (bicyclic) bond motifs is 1. The van der Waals surface area contributed by atoms with Crippen molar-refractivity contribution in [1.82, 2.24) is 14.8 Å². The topological polar surface area (TPSA) is 63.1 Å². The lowest BCUT2D eigenvalue weighted by atomic mass is 10.2. The van der Waals surface area contributed by atoms with E-state index in [0.29, 0.717) is 5.56 Å². The van der Waals surface area contributed by atoms with Crippen LogP contribution in [0.2, 0.25) is 0 Å². The molecule has 0 radical (unpaired) electrons. The molecule has 0 fully saturated rings. The first-order chi connectivity index (χ1) is 11.0. The van der Waals surface area contributed by atoms with Gasteiger partial charge in [-0.25, -0.2) is 4.98 Å². The molecule has 0 unspecified atom stereocenters. The molecule has 0 aliphatic heterocycles. The molecule has 0 atom stereocenters. The number of aromatic nitrogens is 3. The van der Waals surface area contributed by atoms with Gasteiger partial charge in [0.1, 0.15) is 0 Å². The minimum absolute atomic E-state index is 0.180. The van der Waals surface area contributed by atoms with Crippen LogP contribution in [0.4, 0.5) is 11.4 Å². The summed E-state index contributed by atoms with van der Waals surface area (Å²) in [4.78, 5) is 18.7. The van der Waals surface area contributed by atoms with Crippen LogP contribution in [-0.2, 0) is 7.05 Å². The van der Waals surface area contributed by atoms with Crippen molar-refractivity contribution in [2.45, 2.75) is 6.92 Å². The molecule has 2 heterocycles. The molecule has 1 N–H and O–H groups in total. The van der Waals surface area contributed by atoms with Crippen molar-refractivity contribution in [3.05, 3.63) is 47.8 Å². The summed E-state index contributed by atoms with van der Waals surface area (Å²) in [5, 5.41) is 8.10. The van der Waals surface area contributed by atoms with Gasteiger partial charge in [0.05, 0.1) is 11.3 Å². The van der Waals surface area contributed by atoms with E-state index in [9.17, 15) is 4.79 Å². The predicted molar refractivity (Wildman–Crippen MR) is 92.0 cm³/mol. The average molecular weight is 309 g/mol. The summed E-state index contributed by atoms with van der Waals surface area (Å²) in [7, 11) is 5.80. The van der Waals surface area contributed by atoms with E-state index < -0.39 is 0 Å². The SMILES string of the molecule is Cc1nn(C)c2ncc(C(=O)Nc3ccc(N(C)C)cc3)cc12. The fourth-order valence-corrected chi connectivity index (χ4v) is 2.48. The largest absolute Gasteiger partial charge is 0.378 e. The molecular weight excluding hydrogens is 290 g/mol. The van der Waals surface area contributed by atoms with E-state index in [4.69, 9.17) is 0 Å². The highest BCUT2D eigenvalue weighted by Crippen LogP contribution is 2.19. The van der Waals surface area contributed by atoms with Gasteiger partial charge in [-0.3, -0.25) is 9.48 Å². The number of amides is 1. The van der Waals surface area contributed by atoms with Gasteiger partial charge in [-0.15, -0.1) is 0 Å². The van der Waals surface area contributed by atoms with E-state index in [2.05, 4.69) is 15.4 Å². The number of rotatable bonds is 3. The Labute approximate surface area is 134 Å². The van der Waals surface area contributed by atoms with Crippen molar-refractivity contribution in [3.8, 4) is 0 Å². The van der Waals surface area contributed by atoms with Gasteiger partial charge in [-0.1, -0.05) is 0 Å². The van der Waals surface area contributed by atoms with Gasteiger partial charge in [-0.2, -0.15) is 5.10 Å². The van der Waals surface area contributed by atoms with Crippen molar-refractivity contribution in [3.63, 3.8) is 0 Å². The first-order valence-electron chi connectivity index (χ1n) is 7.34. The quantitative estimate of drug-likeness (QED) is 0.808. The van der Waals surface area contributed by atoms with E-state index >= 15 is 0 Å². The molecule has 23 heavy (non-hydrogen) atoms. The van der Waals surface area contributed by atoms with Crippen LogP contribution in [0, 0.1) is 6.92 Å². The standard InChI is InChI=1S/C17H19N5O/c1-11-15-9-12(10-18-16(15)22(4)20-11)17(23)19-13-5-7-14(8-6-13)21(2)3/h5-10H,1-4H3,(H,19,23). The second-order valence-electron chi connectivity index (χ2n) is 5.70. The second-order valence-corrected chi connectivity index (χ2v) is 5.70. The number of hydrogen-bond acceptors (Lipinski definition) is 4. The van der Waals surface area contributed by atoms with E-state index in [1.807, 2.05) is 63.3 Å². The highest BCUT2D eigenvalue weighted by atomic mass is 16.1. The molecule has 0 bridgehead atoms. The molecule has 3 rings (SSSR count). The Bertz CT molecular complexity index is 865. The molecule has 118 valence electrons. The Morgan fingerprint density at radius 1 is 1.22 bits per heavy atom. The smallest absolute Gasteiger partial charge is 0.257 e. The van der Waals surface area contributed by atoms with Crippen LogP contribution >= 0.6 is 0 Å². The molecule has 0 aliphatic rings. The zero-order valence-corrected chi connectivity index (χ0v) is 13.7. The zero-order valence-electron chi connectivity index (χ0n) is 13.7. The third-order valence-corrected chi connectivity index (χ3v) is 3.77. The van der Waals surface area contributed by atoms with Crippen LogP contribution in [0.15, 0.2) is 36.5 Å². The third-order valence-electron chi connectivity index (χ3n) is 3.77. The lowest BCUT2D eigenvalue weighted by molar-refractivity contribution is 0.102. The Morgan fingerprint density at radius 2 is 1.91 bits per heavy atom. The summed E-state index contributed by atoms with van der Waals surface area (Å²) in [5.74, 6) is -0.180. The number of carbonyl (C=O) groups is 1. The van der Waals surface area contributed by atoms with Crippen LogP contribution in [0.25, 0.3) is 11.0 Å². The first kappa shape index (κ1) is 15.0. The molecule has 1 aromatic carbocycles. The van der Waals surface area contributed by atoms with Crippen molar-refractivity contribution in [2.24, 2.45) is 7.05 Å². The number of anilines is 2. The van der Waals surface area contributed by atoms with E-state index in [0.717, 1.165) is 28.1 Å². The number of benzene rings is 1. The van der Waals surface area contributed by atoms with Crippen LogP contribution < -0.4 is 10.2 Å². The number of carbonyl (C=O) groups excluding carboxylic acids is 1. The summed E-state index contributed by atoms with van der Waals surface area (Å²) in [5.41, 5.74) is 3.99. The molecule has 1 amide bonds. The Morgan fingerprint density at radius 3 is 2.57 bits per heavy atom. The molecular formula is C17H19N5O. The maximum Gasteiger partial charge on any atom is 0.257 e. The van der Waals surface area contributed by atoms with Gasteiger partial charge in [0.2, 0.25) is 0 Å². The second kappa shape index (κ2) is 5.72. The van der Waals surface area contributed by atoms with Gasteiger partial charge >= 0.3 is 0 Å². The number of hydrogen-bond donors (Lipinski definition) is 1. The molecule has 3 aromatic rings. The van der Waals surface area contributed by atoms with Crippen molar-refractivity contribution in [1.29, 1.82) is 0 Å². The number of aryl methyl sites for hydroxylation is 2. The Hall–Kier alpha value is -2.89. The molecule has 6 nitrogen and oxygen atoms in total. The monoisotopic (exact) mass is 309 g/mol. The first-order valence-corrected chi connectivity index (χ1v) is 7.34. The summed E-state index contributed by atoms with van der Waals surface area (Å²) in [6.45, 7) is 1.91. The number of nitrogens with one attached hydrogen (secondary N) is 1. The van der Waals surface area contributed by atoms with Crippen LogP contribution in [0.3, 0.4) is 0 Å². The molecule has 0 saturated carbocycles. The fourth-order valence-electron chi connectivity index (χ4n) is 2.48. The minimum Gasteiger partial charge on any atom is -0.378 e. The van der Waals surface area contributed by atoms with E-state index in [1.165, 1.54) is 0 Å². The Balaban J connectivity index is 1.84. The highest BCUT2D eigenvalue weighted by Gasteiger charge is 2.12. The lowest BCUT2D eigenvalue weighted by Crippen LogP contribution is -2.13. The minimum atomic E-state index is -0.180. The maximum absolute atomic E-state index is 12.4. The van der Waals surface area contributed by atoms with Gasteiger partial charge < -0.3 is 10.2 Å². The van der Waals surface area contributed by atoms with Crippen molar-refractivity contribution in [2.75, 3.05) is 24.3 Å². The van der Waals surface area contributed by atoms with Gasteiger partial charge in [-0.05, 0) is 37.3 Å². The predicted octanol–water partition coefficient (Wildman–Crippen LogP) is 2.60. The summed E-state index contributed by atoms with van der Waals surface area (Å²) >= 11 is 0. The molecule has 0 aliphatic carbocycles. The molecule has 6 heteroatoms. The molecule has 2 aromatic heterocycles. The lowest BCUT2D eigenvalue weighted by Gasteiger charge is -2.13. The zero-order chi connectivity index (χ0) is 16.6. The van der Waals surface area contributed by atoms with E-state index in [-0.39, 0.29) is 5.91 Å². The molecule has 0 spiro atoms. The number of nitrogens with zero attached hydrogens (tertiary/aromatic N) is 4. The van der Waals surface area contributed by atoms with Gasteiger partial charge in [0, 0.05) is 44.1 Å². The summed E-state index contributed by atoms with van der Waals surface area (Å²) < 4.78 is 1.71. The third kappa shape index (κ3) is 2.88. The fraction of sp³-hybridized carbons (Fsp3) is 0.235. The van der Waals surface area contributed by atoms with Crippen LogP contribution in [0.5, 0.6) is 0 Å². The van der Waals surface area contributed by atoms with Gasteiger partial charge in [0.25, 0.3) is 5.91 Å². The van der Waals surface area contributed by atoms with Gasteiger partial charge in [0.15, 0.2) is 5.65 Å². The van der Waals surface area contributed by atoms with Crippen molar-refractivity contribution < 1.29 is 4.79 Å². The normalized spacial score (nSPS) is 10.8. The van der Waals surface area contributed by atoms with Crippen molar-refractivity contribution >= 4 is 28.3 Å². The summed E-state index contributed by atoms with van der Waals surface area (Å²) in [6.07, 6.45) is 1.58. The maximum atomic E-state index is 12.4. The van der Waals surface area contributed by atoms with Crippen LogP contribution in [-0.4, -0.2) is 34.8 Å². The van der Waals surface area contributed by atoms with Crippen LogP contribution in [0.1, 0.15) is 16.1 Å². The molecule has 0 saturated heterocycles. The van der Waals surface area contributed by atoms with E-state index in [1.54, 1.807) is 10.9 Å².